The quantitative estimate of drug-likeness (QED) is 0.402. The van der Waals surface area contributed by atoms with Crippen LogP contribution in [-0.4, -0.2) is 39.1 Å². The van der Waals surface area contributed by atoms with Crippen LogP contribution in [0.3, 0.4) is 0 Å². The van der Waals surface area contributed by atoms with Gasteiger partial charge in [-0.1, -0.05) is 6.07 Å². The number of aromatic hydroxyl groups is 2. The van der Waals surface area contributed by atoms with E-state index in [1.807, 2.05) is 0 Å². The van der Waals surface area contributed by atoms with Gasteiger partial charge in [0.15, 0.2) is 11.6 Å². The molecule has 0 atom stereocenters. The lowest BCUT2D eigenvalue weighted by atomic mass is 9.90. The van der Waals surface area contributed by atoms with Crippen LogP contribution in [0.4, 0.5) is 13.2 Å². The Labute approximate surface area is 203 Å². The first-order chi connectivity index (χ1) is 17.2. The SMILES string of the molecule is O=C(NC1CCC(NC(=O)c2c(O)cccc2O)CC1)c1cc(F)cnc1Oc1ccc(F)c(F)c1. The number of halogens is 3. The molecule has 4 N–H and O–H groups in total. The van der Waals surface area contributed by atoms with Gasteiger partial charge >= 0.3 is 0 Å². The predicted octanol–water partition coefficient (Wildman–Crippen LogP) is 4.17. The van der Waals surface area contributed by atoms with Crippen LogP contribution in [0.15, 0.2) is 48.7 Å². The van der Waals surface area contributed by atoms with Gasteiger partial charge in [-0.15, -0.1) is 0 Å². The van der Waals surface area contributed by atoms with Gasteiger partial charge in [0.05, 0.1) is 6.20 Å². The van der Waals surface area contributed by atoms with Crippen molar-refractivity contribution in [1.29, 1.82) is 0 Å². The predicted molar refractivity (Wildman–Crippen MR) is 121 cm³/mol. The summed E-state index contributed by atoms with van der Waals surface area (Å²) < 4.78 is 45.9. The lowest BCUT2D eigenvalue weighted by Gasteiger charge is -2.30. The van der Waals surface area contributed by atoms with E-state index in [0.717, 1.165) is 30.5 Å². The molecule has 8 nitrogen and oxygen atoms in total. The van der Waals surface area contributed by atoms with Crippen molar-refractivity contribution in [1.82, 2.24) is 15.6 Å². The van der Waals surface area contributed by atoms with E-state index in [-0.39, 0.29) is 46.3 Å². The Morgan fingerprint density at radius 3 is 2.08 bits per heavy atom. The van der Waals surface area contributed by atoms with Crippen LogP contribution in [0.25, 0.3) is 0 Å². The number of carbonyl (C=O) groups excluding carboxylic acids is 2. The highest BCUT2D eigenvalue weighted by Gasteiger charge is 2.27. The molecule has 1 saturated carbocycles. The van der Waals surface area contributed by atoms with E-state index in [1.165, 1.54) is 18.2 Å². The molecule has 188 valence electrons. The zero-order chi connectivity index (χ0) is 25.8. The van der Waals surface area contributed by atoms with Crippen LogP contribution in [0.5, 0.6) is 23.1 Å². The number of carbonyl (C=O) groups is 2. The number of amides is 2. The Kier molecular flexibility index (Phi) is 7.28. The van der Waals surface area contributed by atoms with E-state index in [0.29, 0.717) is 25.7 Å². The fourth-order valence-corrected chi connectivity index (χ4v) is 3.99. The van der Waals surface area contributed by atoms with Gasteiger partial charge in [-0.25, -0.2) is 18.2 Å². The molecule has 2 amide bonds. The maximum absolute atomic E-state index is 13.8. The van der Waals surface area contributed by atoms with Crippen molar-refractivity contribution in [3.8, 4) is 23.1 Å². The molecule has 0 unspecified atom stereocenters. The van der Waals surface area contributed by atoms with Gasteiger partial charge in [-0.2, -0.15) is 0 Å². The first-order valence-corrected chi connectivity index (χ1v) is 11.1. The van der Waals surface area contributed by atoms with E-state index in [2.05, 4.69) is 15.6 Å². The fraction of sp³-hybridized carbons (Fsp3) is 0.240. The van der Waals surface area contributed by atoms with Gasteiger partial charge < -0.3 is 25.6 Å². The van der Waals surface area contributed by atoms with Gasteiger partial charge in [-0.3, -0.25) is 9.59 Å². The van der Waals surface area contributed by atoms with Crippen LogP contribution in [-0.2, 0) is 0 Å². The molecule has 11 heteroatoms. The highest BCUT2D eigenvalue weighted by atomic mass is 19.2. The minimum Gasteiger partial charge on any atom is -0.507 e. The third kappa shape index (κ3) is 5.68. The number of pyridine rings is 1. The van der Waals surface area contributed by atoms with E-state index in [9.17, 15) is 33.0 Å². The Hall–Kier alpha value is -4.28. The van der Waals surface area contributed by atoms with Crippen LogP contribution in [0, 0.1) is 17.5 Å². The summed E-state index contributed by atoms with van der Waals surface area (Å²) in [5.41, 5.74) is -0.426. The topological polar surface area (TPSA) is 121 Å². The molecule has 0 aliphatic heterocycles. The number of nitrogens with zero attached hydrogens (tertiary/aromatic N) is 1. The molecule has 1 fully saturated rings. The smallest absolute Gasteiger partial charge is 0.259 e. The summed E-state index contributed by atoms with van der Waals surface area (Å²) in [7, 11) is 0. The van der Waals surface area contributed by atoms with Crippen LogP contribution >= 0.6 is 0 Å². The highest BCUT2D eigenvalue weighted by molar-refractivity contribution is 5.99. The van der Waals surface area contributed by atoms with Gasteiger partial charge in [0.25, 0.3) is 11.8 Å². The summed E-state index contributed by atoms with van der Waals surface area (Å²) in [6, 6.07) is 7.20. The first-order valence-electron chi connectivity index (χ1n) is 11.1. The van der Waals surface area contributed by atoms with Crippen LogP contribution in [0.1, 0.15) is 46.4 Å². The molecule has 0 bridgehead atoms. The Bertz CT molecular complexity index is 1280. The molecule has 0 spiro atoms. The molecule has 1 aromatic heterocycles. The summed E-state index contributed by atoms with van der Waals surface area (Å²) in [6.45, 7) is 0. The van der Waals surface area contributed by atoms with E-state index in [4.69, 9.17) is 4.74 Å². The molecule has 1 aliphatic rings. The van der Waals surface area contributed by atoms with Crippen molar-refractivity contribution < 1.29 is 37.7 Å². The number of phenolic OH excluding ortho intramolecular Hbond substituents is 2. The van der Waals surface area contributed by atoms with Crippen molar-refractivity contribution in [2.75, 3.05) is 0 Å². The number of hydrogen-bond donors (Lipinski definition) is 4. The molecule has 0 saturated heterocycles. The number of rotatable bonds is 6. The second kappa shape index (κ2) is 10.5. The lowest BCUT2D eigenvalue weighted by Crippen LogP contribution is -2.44. The van der Waals surface area contributed by atoms with Crippen molar-refractivity contribution in [2.45, 2.75) is 37.8 Å². The lowest BCUT2D eigenvalue weighted by molar-refractivity contribution is 0.0886. The molecule has 3 aromatic rings. The molecular formula is C25H22F3N3O5. The van der Waals surface area contributed by atoms with Gasteiger partial charge in [0.2, 0.25) is 5.88 Å². The van der Waals surface area contributed by atoms with Gasteiger partial charge in [-0.05, 0) is 56.0 Å². The zero-order valence-electron chi connectivity index (χ0n) is 18.8. The maximum atomic E-state index is 13.8. The zero-order valence-corrected chi connectivity index (χ0v) is 18.8. The average Bonchev–Trinajstić information content (AvgIpc) is 2.83. The summed E-state index contributed by atoms with van der Waals surface area (Å²) in [4.78, 5) is 29.1. The fourth-order valence-electron chi connectivity index (χ4n) is 3.99. The van der Waals surface area contributed by atoms with Crippen molar-refractivity contribution in [3.05, 3.63) is 77.2 Å². The molecular weight excluding hydrogens is 479 g/mol. The van der Waals surface area contributed by atoms with E-state index in [1.54, 1.807) is 0 Å². The number of phenols is 2. The third-order valence-electron chi connectivity index (χ3n) is 5.81. The molecule has 1 heterocycles. The second-order valence-electron chi connectivity index (χ2n) is 8.35. The first kappa shape index (κ1) is 24.8. The Balaban J connectivity index is 1.37. The third-order valence-corrected chi connectivity index (χ3v) is 5.81. The van der Waals surface area contributed by atoms with Crippen LogP contribution < -0.4 is 15.4 Å². The molecule has 36 heavy (non-hydrogen) atoms. The maximum Gasteiger partial charge on any atom is 0.259 e. The van der Waals surface area contributed by atoms with Gasteiger partial charge in [0, 0.05) is 18.2 Å². The van der Waals surface area contributed by atoms with Crippen molar-refractivity contribution >= 4 is 11.8 Å². The number of nitrogens with one attached hydrogen (secondary N) is 2. The summed E-state index contributed by atoms with van der Waals surface area (Å²) in [5, 5.41) is 25.3. The second-order valence-corrected chi connectivity index (χ2v) is 8.35. The molecule has 4 rings (SSSR count). The summed E-state index contributed by atoms with van der Waals surface area (Å²) in [6.07, 6.45) is 2.83. The minimum atomic E-state index is -1.15. The summed E-state index contributed by atoms with van der Waals surface area (Å²) in [5.74, 6) is -5.33. The molecule has 1 aliphatic carbocycles. The Morgan fingerprint density at radius 2 is 1.47 bits per heavy atom. The largest absolute Gasteiger partial charge is 0.507 e. The highest BCUT2D eigenvalue weighted by Crippen LogP contribution is 2.28. The monoisotopic (exact) mass is 501 g/mol. The molecule has 2 aromatic carbocycles. The van der Waals surface area contributed by atoms with Gasteiger partial charge in [0.1, 0.15) is 34.2 Å². The van der Waals surface area contributed by atoms with Crippen molar-refractivity contribution in [2.24, 2.45) is 0 Å². The number of hydrogen-bond acceptors (Lipinski definition) is 6. The number of ether oxygens (including phenoxy) is 1. The number of aromatic nitrogens is 1. The average molecular weight is 501 g/mol. The number of benzene rings is 2. The van der Waals surface area contributed by atoms with Crippen molar-refractivity contribution in [3.63, 3.8) is 0 Å². The normalized spacial score (nSPS) is 17.3. The van der Waals surface area contributed by atoms with E-state index < -0.39 is 29.3 Å². The summed E-state index contributed by atoms with van der Waals surface area (Å²) >= 11 is 0. The standard InChI is InChI=1S/C25H22F3N3O5/c26-13-10-17(25(29-12-13)36-16-8-9-18(27)19(28)11-16)23(34)30-14-4-6-15(7-5-14)31-24(35)22-20(32)2-1-3-21(22)33/h1-3,8-12,14-15,32-33H,4-7H2,(H,30,34)(H,31,35). The Morgan fingerprint density at radius 1 is 0.861 bits per heavy atom. The van der Waals surface area contributed by atoms with Crippen LogP contribution in [0.2, 0.25) is 0 Å². The molecule has 0 radical (unpaired) electrons. The minimum absolute atomic E-state index is 0.117. The van der Waals surface area contributed by atoms with E-state index >= 15 is 0 Å².